The van der Waals surface area contributed by atoms with Gasteiger partial charge in [0.15, 0.2) is 0 Å². The molecule has 16 aromatic carbocycles. The number of benzene rings is 16. The van der Waals surface area contributed by atoms with Gasteiger partial charge in [-0.15, -0.1) is 0 Å². The highest BCUT2D eigenvalue weighted by Crippen LogP contribution is 2.51. The molecule has 0 aliphatic heterocycles. The SMILES string of the molecule is c1ccc(N(c2ccccc2)c2ccc(-c3c4ccccc4c(-c4cc(-c5c6ccccc6cc6ccccc56)cc(-c5c6ccccc6c(-c6ccc(N(c7ccccc7)c7ccccc7)cc6)c6ccccc56)c4)c4ccccc34)cc2)cc1. The number of hydrogen-bond acceptors (Lipinski definition) is 2. The fourth-order valence-electron chi connectivity index (χ4n) is 13.6. The summed E-state index contributed by atoms with van der Waals surface area (Å²) in [6, 6.07) is 125. The number of rotatable bonds is 11. The van der Waals surface area contributed by atoms with Crippen LogP contribution in [0.2, 0.25) is 0 Å². The summed E-state index contributed by atoms with van der Waals surface area (Å²) in [6.45, 7) is 0. The molecular formula is C84H56N2. The van der Waals surface area contributed by atoms with E-state index in [1.807, 2.05) is 0 Å². The van der Waals surface area contributed by atoms with Gasteiger partial charge in [-0.3, -0.25) is 0 Å². The van der Waals surface area contributed by atoms with Crippen LogP contribution in [0.15, 0.2) is 340 Å². The minimum Gasteiger partial charge on any atom is -0.311 e. The van der Waals surface area contributed by atoms with Gasteiger partial charge in [-0.25, -0.2) is 0 Å². The van der Waals surface area contributed by atoms with Crippen molar-refractivity contribution in [3.63, 3.8) is 0 Å². The standard InChI is InChI=1S/C84H56N2/c1-5-27-64(28-6-1)85(65-29-7-2-8-30-65)68-49-45-57(46-50-68)80-72-37-17-21-41-76(72)83(77-42-22-18-38-73(77)80)62-54-61(82-70-35-15-13-25-59(70)53-60-26-14-16-36-71(60)82)55-63(56-62)84-78-43-23-19-39-74(78)81(75-40-20-24-44-79(75)84)58-47-51-69(52-48-58)86(66-31-9-3-10-32-66)67-33-11-4-12-34-67/h1-56H. The Morgan fingerprint density at radius 3 is 0.605 bits per heavy atom. The molecular weight excluding hydrogens is 1040 g/mol. The first-order valence-electron chi connectivity index (χ1n) is 29.7. The predicted octanol–water partition coefficient (Wildman–Crippen LogP) is 23.9. The Morgan fingerprint density at radius 1 is 0.140 bits per heavy atom. The van der Waals surface area contributed by atoms with Crippen LogP contribution in [0.4, 0.5) is 34.1 Å². The third kappa shape index (κ3) is 8.74. The highest BCUT2D eigenvalue weighted by Gasteiger charge is 2.24. The van der Waals surface area contributed by atoms with Crippen molar-refractivity contribution in [1.29, 1.82) is 0 Å². The van der Waals surface area contributed by atoms with E-state index < -0.39 is 0 Å². The van der Waals surface area contributed by atoms with Gasteiger partial charge in [0, 0.05) is 34.1 Å². The lowest BCUT2D eigenvalue weighted by molar-refractivity contribution is 1.28. The first-order chi connectivity index (χ1) is 42.7. The fraction of sp³-hybridized carbons (Fsp3) is 0. The summed E-state index contributed by atoms with van der Waals surface area (Å²) in [6.07, 6.45) is 0. The molecule has 0 aliphatic carbocycles. The number of hydrogen-bond donors (Lipinski definition) is 0. The third-order valence-corrected chi connectivity index (χ3v) is 17.3. The summed E-state index contributed by atoms with van der Waals surface area (Å²) < 4.78 is 0. The summed E-state index contributed by atoms with van der Waals surface area (Å²) in [7, 11) is 0. The first kappa shape index (κ1) is 50.4. The van der Waals surface area contributed by atoms with Crippen molar-refractivity contribution < 1.29 is 0 Å². The molecule has 16 aromatic rings. The summed E-state index contributed by atoms with van der Waals surface area (Å²) in [5, 5.41) is 14.6. The lowest BCUT2D eigenvalue weighted by Crippen LogP contribution is -2.09. The number of anilines is 6. The van der Waals surface area contributed by atoms with Crippen molar-refractivity contribution in [2.75, 3.05) is 9.80 Å². The molecule has 402 valence electrons. The largest absolute Gasteiger partial charge is 0.311 e. The molecule has 2 nitrogen and oxygen atoms in total. The van der Waals surface area contributed by atoms with Crippen LogP contribution in [-0.2, 0) is 0 Å². The van der Waals surface area contributed by atoms with Crippen molar-refractivity contribution in [3.05, 3.63) is 340 Å². The van der Waals surface area contributed by atoms with E-state index in [0.29, 0.717) is 0 Å². The summed E-state index contributed by atoms with van der Waals surface area (Å²) in [5.74, 6) is 0. The second-order valence-corrected chi connectivity index (χ2v) is 22.3. The van der Waals surface area contributed by atoms with Crippen molar-refractivity contribution in [1.82, 2.24) is 0 Å². The lowest BCUT2D eigenvalue weighted by atomic mass is 9.81. The van der Waals surface area contributed by atoms with E-state index in [2.05, 4.69) is 350 Å². The van der Waals surface area contributed by atoms with Crippen LogP contribution in [0.3, 0.4) is 0 Å². The molecule has 0 unspecified atom stereocenters. The first-order valence-corrected chi connectivity index (χ1v) is 29.7. The van der Waals surface area contributed by atoms with Gasteiger partial charge in [0.2, 0.25) is 0 Å². The number of para-hydroxylation sites is 4. The van der Waals surface area contributed by atoms with Crippen molar-refractivity contribution in [2.45, 2.75) is 0 Å². The van der Waals surface area contributed by atoms with Crippen LogP contribution >= 0.6 is 0 Å². The van der Waals surface area contributed by atoms with E-state index in [1.165, 1.54) is 120 Å². The Morgan fingerprint density at radius 2 is 0.337 bits per heavy atom. The van der Waals surface area contributed by atoms with E-state index in [4.69, 9.17) is 0 Å². The van der Waals surface area contributed by atoms with E-state index in [-0.39, 0.29) is 0 Å². The topological polar surface area (TPSA) is 6.48 Å². The Hall–Kier alpha value is -11.3. The highest BCUT2D eigenvalue weighted by atomic mass is 15.1. The monoisotopic (exact) mass is 1090 g/mol. The van der Waals surface area contributed by atoms with Gasteiger partial charge in [0.05, 0.1) is 0 Å². The average Bonchev–Trinajstić information content (AvgIpc) is 0.967. The Kier molecular flexibility index (Phi) is 12.6. The van der Waals surface area contributed by atoms with E-state index >= 15 is 0 Å². The molecule has 0 saturated heterocycles. The maximum absolute atomic E-state index is 2.49. The van der Waals surface area contributed by atoms with Gasteiger partial charge in [-0.05, 0) is 217 Å². The van der Waals surface area contributed by atoms with Gasteiger partial charge in [0.1, 0.15) is 0 Å². The number of fused-ring (bicyclic) bond motifs is 6. The second kappa shape index (κ2) is 21.5. The molecule has 2 heteroatoms. The molecule has 0 amide bonds. The van der Waals surface area contributed by atoms with Gasteiger partial charge >= 0.3 is 0 Å². The van der Waals surface area contributed by atoms with Crippen LogP contribution in [0.1, 0.15) is 0 Å². The van der Waals surface area contributed by atoms with E-state index in [0.717, 1.165) is 34.1 Å². The van der Waals surface area contributed by atoms with Gasteiger partial charge in [-0.1, -0.05) is 243 Å². The van der Waals surface area contributed by atoms with Crippen LogP contribution in [-0.4, -0.2) is 0 Å². The molecule has 0 spiro atoms. The Bertz CT molecular complexity index is 4680. The predicted molar refractivity (Wildman–Crippen MR) is 368 cm³/mol. The Labute approximate surface area is 501 Å². The summed E-state index contributed by atoms with van der Waals surface area (Å²) >= 11 is 0. The molecule has 0 radical (unpaired) electrons. The third-order valence-electron chi connectivity index (χ3n) is 17.3. The molecule has 0 aliphatic rings. The molecule has 0 N–H and O–H groups in total. The zero-order valence-corrected chi connectivity index (χ0v) is 47.2. The molecule has 0 saturated carbocycles. The maximum Gasteiger partial charge on any atom is 0.0462 e. The second-order valence-electron chi connectivity index (χ2n) is 22.3. The summed E-state index contributed by atoms with van der Waals surface area (Å²) in [4.78, 5) is 4.66. The molecule has 0 aromatic heterocycles. The van der Waals surface area contributed by atoms with E-state index in [1.54, 1.807) is 0 Å². The molecule has 16 rings (SSSR count). The fourth-order valence-corrected chi connectivity index (χ4v) is 13.6. The molecule has 0 fully saturated rings. The van der Waals surface area contributed by atoms with Crippen LogP contribution < -0.4 is 9.80 Å². The minimum atomic E-state index is 1.10. The molecule has 0 atom stereocenters. The van der Waals surface area contributed by atoms with Crippen LogP contribution in [0, 0.1) is 0 Å². The minimum absolute atomic E-state index is 1.10. The average molecular weight is 1090 g/mol. The Balaban J connectivity index is 0.925. The van der Waals surface area contributed by atoms with Crippen molar-refractivity contribution in [2.24, 2.45) is 0 Å². The van der Waals surface area contributed by atoms with Crippen molar-refractivity contribution in [3.8, 4) is 55.6 Å². The quantitative estimate of drug-likeness (QED) is 0.119. The van der Waals surface area contributed by atoms with Crippen LogP contribution in [0.25, 0.3) is 120 Å². The van der Waals surface area contributed by atoms with Gasteiger partial charge < -0.3 is 9.80 Å². The lowest BCUT2D eigenvalue weighted by Gasteiger charge is -2.26. The molecule has 0 bridgehead atoms. The van der Waals surface area contributed by atoms with Crippen molar-refractivity contribution >= 4 is 98.8 Å². The smallest absolute Gasteiger partial charge is 0.0462 e. The molecule has 0 heterocycles. The highest BCUT2D eigenvalue weighted by molar-refractivity contribution is 6.25. The van der Waals surface area contributed by atoms with Gasteiger partial charge in [-0.2, -0.15) is 0 Å². The van der Waals surface area contributed by atoms with Gasteiger partial charge in [0.25, 0.3) is 0 Å². The maximum atomic E-state index is 2.49. The summed E-state index contributed by atoms with van der Waals surface area (Å²) in [5.41, 5.74) is 18.6. The van der Waals surface area contributed by atoms with Crippen LogP contribution in [0.5, 0.6) is 0 Å². The normalized spacial score (nSPS) is 11.5. The molecule has 86 heavy (non-hydrogen) atoms. The zero-order valence-electron chi connectivity index (χ0n) is 47.2. The zero-order chi connectivity index (χ0) is 56.9. The van der Waals surface area contributed by atoms with E-state index in [9.17, 15) is 0 Å². The number of nitrogens with zero attached hydrogens (tertiary/aromatic N) is 2.